The number of hydrogen-bond acceptors (Lipinski definition) is 4. The Morgan fingerprint density at radius 3 is 1.83 bits per heavy atom. The van der Waals surface area contributed by atoms with Gasteiger partial charge in [-0.25, -0.2) is 0 Å². The molecule has 126 valence electrons. The van der Waals surface area contributed by atoms with E-state index < -0.39 is 11.8 Å². The van der Waals surface area contributed by atoms with E-state index in [1.807, 2.05) is 0 Å². The van der Waals surface area contributed by atoms with Crippen LogP contribution in [-0.2, 0) is 0 Å². The summed E-state index contributed by atoms with van der Waals surface area (Å²) < 4.78 is 10.9. The first-order valence-electron chi connectivity index (χ1n) is 6.74. The molecule has 0 atom stereocenters. The average molecular weight is 414 g/mol. The van der Waals surface area contributed by atoms with Crippen molar-refractivity contribution in [3.05, 3.63) is 57.0 Å². The normalized spacial score (nSPS) is 10.0. The summed E-state index contributed by atoms with van der Waals surface area (Å²) in [6.45, 7) is 0. The monoisotopic (exact) mass is 412 g/mol. The van der Waals surface area contributed by atoms with Gasteiger partial charge in [0.1, 0.15) is 16.0 Å². The van der Waals surface area contributed by atoms with Crippen LogP contribution in [0.15, 0.2) is 40.9 Å². The van der Waals surface area contributed by atoms with Gasteiger partial charge in [0.2, 0.25) is 0 Å². The Kier molecular flexibility index (Phi) is 6.05. The molecule has 2 rings (SSSR count). The summed E-state index contributed by atoms with van der Waals surface area (Å²) in [5.74, 6) is -0.107. The van der Waals surface area contributed by atoms with E-state index in [4.69, 9.17) is 21.1 Å². The van der Waals surface area contributed by atoms with Crippen LogP contribution in [0.2, 0.25) is 5.02 Å². The Morgan fingerprint density at radius 2 is 1.38 bits per heavy atom. The van der Waals surface area contributed by atoms with Gasteiger partial charge in [-0.3, -0.25) is 20.4 Å². The van der Waals surface area contributed by atoms with Gasteiger partial charge in [-0.2, -0.15) is 0 Å². The molecule has 0 fully saturated rings. The Hall–Kier alpha value is -2.25. The molecule has 0 spiro atoms. The Bertz CT molecular complexity index is 740. The number of halogens is 2. The van der Waals surface area contributed by atoms with Crippen LogP contribution in [0.25, 0.3) is 0 Å². The standard InChI is InChI=1S/C16H14BrClN2O4/c1-23-12-7-10(8-13(24-2)14(12)17)16(22)20-19-15(21)9-3-5-11(18)6-4-9/h3-8H,1-2H3,(H,19,21)(H,20,22). The number of amides is 2. The molecule has 2 amide bonds. The van der Waals surface area contributed by atoms with Gasteiger partial charge in [0, 0.05) is 16.1 Å². The Morgan fingerprint density at radius 1 is 0.917 bits per heavy atom. The number of benzene rings is 2. The van der Waals surface area contributed by atoms with Crippen LogP contribution in [0.5, 0.6) is 11.5 Å². The first-order valence-corrected chi connectivity index (χ1v) is 7.91. The molecule has 0 aromatic heterocycles. The predicted molar refractivity (Wildman–Crippen MR) is 93.6 cm³/mol. The van der Waals surface area contributed by atoms with Crippen molar-refractivity contribution in [1.29, 1.82) is 0 Å². The van der Waals surface area contributed by atoms with Crippen molar-refractivity contribution in [3.8, 4) is 11.5 Å². The molecule has 0 heterocycles. The van der Waals surface area contributed by atoms with Gasteiger partial charge < -0.3 is 9.47 Å². The van der Waals surface area contributed by atoms with Gasteiger partial charge in [0.15, 0.2) is 0 Å². The highest BCUT2D eigenvalue weighted by Gasteiger charge is 2.15. The maximum absolute atomic E-state index is 12.2. The maximum Gasteiger partial charge on any atom is 0.269 e. The van der Waals surface area contributed by atoms with E-state index in [2.05, 4.69) is 26.8 Å². The molecule has 0 radical (unpaired) electrons. The lowest BCUT2D eigenvalue weighted by atomic mass is 10.2. The molecule has 2 N–H and O–H groups in total. The predicted octanol–water partition coefficient (Wildman–Crippen LogP) is 3.19. The van der Waals surface area contributed by atoms with Crippen LogP contribution in [0.3, 0.4) is 0 Å². The minimum atomic E-state index is -0.513. The van der Waals surface area contributed by atoms with E-state index in [0.717, 1.165) is 0 Å². The van der Waals surface area contributed by atoms with Crippen LogP contribution in [0.4, 0.5) is 0 Å². The van der Waals surface area contributed by atoms with E-state index in [1.165, 1.54) is 26.4 Å². The molecule has 24 heavy (non-hydrogen) atoms. The molecule has 2 aromatic rings. The first-order chi connectivity index (χ1) is 11.5. The third kappa shape index (κ3) is 4.18. The van der Waals surface area contributed by atoms with Gasteiger partial charge in [0.25, 0.3) is 11.8 Å². The fraction of sp³-hybridized carbons (Fsp3) is 0.125. The van der Waals surface area contributed by atoms with Gasteiger partial charge in [-0.1, -0.05) is 11.6 Å². The van der Waals surface area contributed by atoms with Crippen molar-refractivity contribution < 1.29 is 19.1 Å². The lowest BCUT2D eigenvalue weighted by Gasteiger charge is -2.12. The van der Waals surface area contributed by atoms with Crippen molar-refractivity contribution in [2.24, 2.45) is 0 Å². The lowest BCUT2D eigenvalue weighted by Crippen LogP contribution is -2.41. The topological polar surface area (TPSA) is 76.7 Å². The highest BCUT2D eigenvalue weighted by atomic mass is 79.9. The van der Waals surface area contributed by atoms with E-state index in [9.17, 15) is 9.59 Å². The average Bonchev–Trinajstić information content (AvgIpc) is 2.60. The minimum Gasteiger partial charge on any atom is -0.495 e. The largest absolute Gasteiger partial charge is 0.495 e. The number of hydrazine groups is 1. The second-order valence-electron chi connectivity index (χ2n) is 4.61. The van der Waals surface area contributed by atoms with E-state index in [-0.39, 0.29) is 5.56 Å². The molecule has 0 saturated carbocycles. The number of hydrogen-bond donors (Lipinski definition) is 2. The summed E-state index contributed by atoms with van der Waals surface area (Å²) in [6.07, 6.45) is 0. The zero-order valence-corrected chi connectivity index (χ0v) is 15.2. The van der Waals surface area contributed by atoms with E-state index in [1.54, 1.807) is 24.3 Å². The number of methoxy groups -OCH3 is 2. The number of nitrogens with one attached hydrogen (secondary N) is 2. The SMILES string of the molecule is COc1cc(C(=O)NNC(=O)c2ccc(Cl)cc2)cc(OC)c1Br. The first kappa shape index (κ1) is 18.1. The molecular formula is C16H14BrClN2O4. The second kappa shape index (κ2) is 8.03. The zero-order valence-electron chi connectivity index (χ0n) is 12.9. The third-order valence-electron chi connectivity index (χ3n) is 3.10. The molecule has 2 aromatic carbocycles. The van der Waals surface area contributed by atoms with Crippen molar-refractivity contribution in [3.63, 3.8) is 0 Å². The van der Waals surface area contributed by atoms with Crippen LogP contribution in [0.1, 0.15) is 20.7 Å². The van der Waals surface area contributed by atoms with Crippen molar-refractivity contribution >= 4 is 39.3 Å². The fourth-order valence-electron chi connectivity index (χ4n) is 1.86. The van der Waals surface area contributed by atoms with Crippen LogP contribution in [-0.4, -0.2) is 26.0 Å². The Balaban J connectivity index is 2.09. The van der Waals surface area contributed by atoms with Crippen molar-refractivity contribution in [1.82, 2.24) is 10.9 Å². The lowest BCUT2D eigenvalue weighted by molar-refractivity contribution is 0.0846. The number of rotatable bonds is 4. The summed E-state index contributed by atoms with van der Waals surface area (Å²) in [5.41, 5.74) is 5.30. The molecule has 0 aliphatic rings. The van der Waals surface area contributed by atoms with E-state index in [0.29, 0.717) is 26.6 Å². The summed E-state index contributed by atoms with van der Waals surface area (Å²) in [7, 11) is 2.95. The quantitative estimate of drug-likeness (QED) is 0.755. The second-order valence-corrected chi connectivity index (χ2v) is 5.84. The smallest absolute Gasteiger partial charge is 0.269 e. The minimum absolute atomic E-state index is 0.267. The number of carbonyl (C=O) groups excluding carboxylic acids is 2. The van der Waals surface area contributed by atoms with Crippen LogP contribution < -0.4 is 20.3 Å². The highest BCUT2D eigenvalue weighted by Crippen LogP contribution is 2.35. The molecule has 0 aliphatic carbocycles. The molecule has 0 unspecified atom stereocenters. The van der Waals surface area contributed by atoms with Gasteiger partial charge >= 0.3 is 0 Å². The molecule has 0 saturated heterocycles. The molecule has 0 bridgehead atoms. The van der Waals surface area contributed by atoms with E-state index >= 15 is 0 Å². The molecular weight excluding hydrogens is 400 g/mol. The summed E-state index contributed by atoms with van der Waals surface area (Å²) in [6, 6.07) is 9.32. The molecule has 6 nitrogen and oxygen atoms in total. The zero-order chi connectivity index (χ0) is 17.7. The summed E-state index contributed by atoms with van der Waals surface area (Å²) in [4.78, 5) is 24.2. The summed E-state index contributed by atoms with van der Waals surface area (Å²) in [5, 5.41) is 0.518. The Labute approximate surface area is 152 Å². The highest BCUT2D eigenvalue weighted by molar-refractivity contribution is 9.10. The number of carbonyl (C=O) groups is 2. The maximum atomic E-state index is 12.2. The van der Waals surface area contributed by atoms with Crippen LogP contribution in [0, 0.1) is 0 Å². The van der Waals surface area contributed by atoms with Gasteiger partial charge in [-0.05, 0) is 52.3 Å². The van der Waals surface area contributed by atoms with Crippen molar-refractivity contribution in [2.45, 2.75) is 0 Å². The third-order valence-corrected chi connectivity index (χ3v) is 4.14. The van der Waals surface area contributed by atoms with Gasteiger partial charge in [-0.15, -0.1) is 0 Å². The molecule has 8 heteroatoms. The fourth-order valence-corrected chi connectivity index (χ4v) is 2.54. The van der Waals surface area contributed by atoms with Gasteiger partial charge in [0.05, 0.1) is 14.2 Å². The number of ether oxygens (including phenoxy) is 2. The van der Waals surface area contributed by atoms with Crippen LogP contribution >= 0.6 is 27.5 Å². The summed E-state index contributed by atoms with van der Waals surface area (Å²) >= 11 is 9.09. The van der Waals surface area contributed by atoms with Crippen molar-refractivity contribution in [2.75, 3.05) is 14.2 Å². The molecule has 0 aliphatic heterocycles.